The standard InChI is InChI=1S/C11H11ClN4S/c1-17-8-4-2-7(3-5-8)16-11-9(12)10(13)14-6-15-11/h2-6H,1H3,(H3,13,14,15,16). The number of hydrogen-bond acceptors (Lipinski definition) is 5. The van der Waals surface area contributed by atoms with Gasteiger partial charge in [0.25, 0.3) is 0 Å². The lowest BCUT2D eigenvalue weighted by Gasteiger charge is -2.08. The van der Waals surface area contributed by atoms with Crippen molar-refractivity contribution in [2.45, 2.75) is 4.90 Å². The summed E-state index contributed by atoms with van der Waals surface area (Å²) >= 11 is 7.67. The third-order valence-corrected chi connectivity index (χ3v) is 3.29. The van der Waals surface area contributed by atoms with Crippen LogP contribution >= 0.6 is 23.4 Å². The van der Waals surface area contributed by atoms with Crippen LogP contribution in [0.5, 0.6) is 0 Å². The summed E-state index contributed by atoms with van der Waals surface area (Å²) < 4.78 is 0. The molecule has 0 saturated carbocycles. The van der Waals surface area contributed by atoms with E-state index in [0.717, 1.165) is 5.69 Å². The molecule has 0 amide bonds. The van der Waals surface area contributed by atoms with Gasteiger partial charge < -0.3 is 11.1 Å². The van der Waals surface area contributed by atoms with E-state index in [2.05, 4.69) is 15.3 Å². The first-order valence-corrected chi connectivity index (χ1v) is 6.48. The molecule has 4 nitrogen and oxygen atoms in total. The number of halogens is 1. The van der Waals surface area contributed by atoms with Crippen LogP contribution in [0.4, 0.5) is 17.3 Å². The van der Waals surface area contributed by atoms with Crippen LogP contribution in [0.3, 0.4) is 0 Å². The van der Waals surface area contributed by atoms with Gasteiger partial charge in [-0.1, -0.05) is 11.6 Å². The summed E-state index contributed by atoms with van der Waals surface area (Å²) in [6, 6.07) is 7.96. The number of nitrogens with two attached hydrogens (primary N) is 1. The number of nitrogens with zero attached hydrogens (tertiary/aromatic N) is 2. The van der Waals surface area contributed by atoms with Gasteiger partial charge in [-0.2, -0.15) is 0 Å². The third-order valence-electron chi connectivity index (χ3n) is 2.17. The Kier molecular flexibility index (Phi) is 3.71. The molecule has 2 aromatic rings. The predicted molar refractivity (Wildman–Crippen MR) is 73.0 cm³/mol. The molecule has 88 valence electrons. The molecule has 17 heavy (non-hydrogen) atoms. The summed E-state index contributed by atoms with van der Waals surface area (Å²) in [6.45, 7) is 0. The van der Waals surface area contributed by atoms with Gasteiger partial charge in [0.2, 0.25) is 0 Å². The minimum absolute atomic E-state index is 0.268. The van der Waals surface area contributed by atoms with E-state index in [-0.39, 0.29) is 5.82 Å². The summed E-state index contributed by atoms with van der Waals surface area (Å²) in [5, 5.41) is 3.43. The van der Waals surface area contributed by atoms with E-state index in [9.17, 15) is 0 Å². The normalized spacial score (nSPS) is 10.2. The van der Waals surface area contributed by atoms with Crippen molar-refractivity contribution in [2.75, 3.05) is 17.3 Å². The van der Waals surface area contributed by atoms with Gasteiger partial charge in [-0.3, -0.25) is 0 Å². The Bertz CT molecular complexity index is 515. The van der Waals surface area contributed by atoms with Crippen molar-refractivity contribution in [3.05, 3.63) is 35.6 Å². The quantitative estimate of drug-likeness (QED) is 0.836. The topological polar surface area (TPSA) is 63.8 Å². The number of rotatable bonds is 3. The van der Waals surface area contributed by atoms with Crippen molar-refractivity contribution >= 4 is 40.7 Å². The Morgan fingerprint density at radius 1 is 1.24 bits per heavy atom. The van der Waals surface area contributed by atoms with Crippen molar-refractivity contribution in [1.29, 1.82) is 0 Å². The molecular weight excluding hydrogens is 256 g/mol. The summed E-state index contributed by atoms with van der Waals surface area (Å²) in [7, 11) is 0. The van der Waals surface area contributed by atoms with Crippen molar-refractivity contribution in [1.82, 2.24) is 9.97 Å². The van der Waals surface area contributed by atoms with Crippen molar-refractivity contribution in [3.8, 4) is 0 Å². The largest absolute Gasteiger partial charge is 0.382 e. The first-order chi connectivity index (χ1) is 8.20. The van der Waals surface area contributed by atoms with E-state index in [1.54, 1.807) is 11.8 Å². The number of nitrogens with one attached hydrogen (secondary N) is 1. The van der Waals surface area contributed by atoms with Crippen molar-refractivity contribution in [3.63, 3.8) is 0 Å². The van der Waals surface area contributed by atoms with E-state index in [0.29, 0.717) is 10.8 Å². The molecule has 0 aliphatic rings. The molecule has 0 unspecified atom stereocenters. The van der Waals surface area contributed by atoms with Crippen LogP contribution in [0, 0.1) is 0 Å². The molecular formula is C11H11ClN4S. The van der Waals surface area contributed by atoms with Gasteiger partial charge in [0.1, 0.15) is 17.2 Å². The highest BCUT2D eigenvalue weighted by Gasteiger charge is 2.06. The lowest BCUT2D eigenvalue weighted by Crippen LogP contribution is -1.99. The van der Waals surface area contributed by atoms with Crippen LogP contribution in [0.1, 0.15) is 0 Å². The van der Waals surface area contributed by atoms with Crippen molar-refractivity contribution in [2.24, 2.45) is 0 Å². The fourth-order valence-corrected chi connectivity index (χ4v) is 1.83. The Labute approximate surface area is 109 Å². The zero-order valence-corrected chi connectivity index (χ0v) is 10.7. The molecule has 1 aromatic heterocycles. The maximum atomic E-state index is 5.99. The Morgan fingerprint density at radius 3 is 2.59 bits per heavy atom. The molecule has 0 radical (unpaired) electrons. The van der Waals surface area contributed by atoms with E-state index < -0.39 is 0 Å². The zero-order chi connectivity index (χ0) is 12.3. The van der Waals surface area contributed by atoms with Crippen LogP contribution in [0.2, 0.25) is 5.02 Å². The molecule has 0 aliphatic heterocycles. The van der Waals surface area contributed by atoms with Gasteiger partial charge in [-0.15, -0.1) is 11.8 Å². The highest BCUT2D eigenvalue weighted by atomic mass is 35.5. The Balaban J connectivity index is 2.22. The number of hydrogen-bond donors (Lipinski definition) is 2. The minimum atomic E-state index is 0.268. The van der Waals surface area contributed by atoms with Crippen molar-refractivity contribution < 1.29 is 0 Å². The summed E-state index contributed by atoms with van der Waals surface area (Å²) in [5.74, 6) is 0.779. The molecule has 0 saturated heterocycles. The molecule has 0 aliphatic carbocycles. The van der Waals surface area contributed by atoms with Crippen LogP contribution < -0.4 is 11.1 Å². The molecule has 3 N–H and O–H groups in total. The Hall–Kier alpha value is -1.46. The summed E-state index contributed by atoms with van der Waals surface area (Å²) in [6.07, 6.45) is 3.41. The molecule has 0 spiro atoms. The SMILES string of the molecule is CSc1ccc(Nc2ncnc(N)c2Cl)cc1. The first kappa shape index (κ1) is 12.0. The Morgan fingerprint density at radius 2 is 1.94 bits per heavy atom. The minimum Gasteiger partial charge on any atom is -0.382 e. The number of thioether (sulfide) groups is 1. The molecule has 0 bridgehead atoms. The average Bonchev–Trinajstić information content (AvgIpc) is 2.36. The van der Waals surface area contributed by atoms with E-state index in [1.165, 1.54) is 11.2 Å². The van der Waals surface area contributed by atoms with E-state index >= 15 is 0 Å². The van der Waals surface area contributed by atoms with Gasteiger partial charge in [0, 0.05) is 10.6 Å². The zero-order valence-electron chi connectivity index (χ0n) is 9.14. The van der Waals surface area contributed by atoms with Gasteiger partial charge in [0.15, 0.2) is 5.82 Å². The average molecular weight is 267 g/mol. The summed E-state index contributed by atoms with van der Waals surface area (Å²) in [4.78, 5) is 9.04. The fourth-order valence-electron chi connectivity index (χ4n) is 1.28. The third kappa shape index (κ3) is 2.81. The van der Waals surface area contributed by atoms with Gasteiger partial charge in [-0.05, 0) is 30.5 Å². The molecule has 2 rings (SSSR count). The predicted octanol–water partition coefficient (Wildman–Crippen LogP) is 3.18. The molecule has 1 aromatic carbocycles. The fraction of sp³-hybridized carbons (Fsp3) is 0.0909. The second-order valence-corrected chi connectivity index (χ2v) is 4.53. The van der Waals surface area contributed by atoms with Gasteiger partial charge >= 0.3 is 0 Å². The lowest BCUT2D eigenvalue weighted by molar-refractivity contribution is 1.17. The second-order valence-electron chi connectivity index (χ2n) is 3.27. The van der Waals surface area contributed by atoms with E-state index in [1.807, 2.05) is 30.5 Å². The number of nitrogen functional groups attached to an aromatic ring is 1. The molecule has 1 heterocycles. The van der Waals surface area contributed by atoms with Crippen LogP contribution in [0.15, 0.2) is 35.5 Å². The molecule has 6 heteroatoms. The lowest BCUT2D eigenvalue weighted by atomic mass is 10.3. The van der Waals surface area contributed by atoms with Crippen LogP contribution in [-0.4, -0.2) is 16.2 Å². The first-order valence-electron chi connectivity index (χ1n) is 4.88. The summed E-state index contributed by atoms with van der Waals surface area (Å²) in [5.41, 5.74) is 6.50. The van der Waals surface area contributed by atoms with Gasteiger partial charge in [-0.25, -0.2) is 9.97 Å². The van der Waals surface area contributed by atoms with Crippen LogP contribution in [0.25, 0.3) is 0 Å². The van der Waals surface area contributed by atoms with E-state index in [4.69, 9.17) is 17.3 Å². The number of aromatic nitrogens is 2. The smallest absolute Gasteiger partial charge is 0.154 e. The molecule has 0 fully saturated rings. The molecule has 0 atom stereocenters. The maximum absolute atomic E-state index is 5.99. The second kappa shape index (κ2) is 5.25. The number of anilines is 3. The van der Waals surface area contributed by atoms with Crippen LogP contribution in [-0.2, 0) is 0 Å². The van der Waals surface area contributed by atoms with Gasteiger partial charge in [0.05, 0.1) is 0 Å². The number of benzene rings is 1. The maximum Gasteiger partial charge on any atom is 0.154 e. The highest BCUT2D eigenvalue weighted by Crippen LogP contribution is 2.27. The monoisotopic (exact) mass is 266 g/mol. The highest BCUT2D eigenvalue weighted by molar-refractivity contribution is 7.98.